The monoisotopic (exact) mass is 767 g/mol. The van der Waals surface area contributed by atoms with E-state index in [2.05, 4.69) is 137 Å². The third-order valence-corrected chi connectivity index (χ3v) is 11.6. The third-order valence-electron chi connectivity index (χ3n) is 11.6. The number of nitrogens with zero attached hydrogens (tertiary/aromatic N) is 7. The molecule has 280 valence electrons. The standard InChI is InChI=1S/C53H33N7/c54-32-34-26-28-49(59-45-21-8-4-17-39(45)40-18-5-9-22-46(40)59)44(29-34)53-57-51(38-16-12-15-37(31-38)36-13-2-1-3-14-36)56-52(58-53)43-27-25-35(33-55)30-50(43)60-47-23-10-6-19-41(47)42-20-7-11-24-48(42)60/h1-31,43,50H. The minimum absolute atomic E-state index is 0.351. The zero-order valence-electron chi connectivity index (χ0n) is 32.2. The molecule has 60 heavy (non-hydrogen) atoms. The summed E-state index contributed by atoms with van der Waals surface area (Å²) in [6.07, 6.45) is 5.95. The van der Waals surface area contributed by atoms with Crippen molar-refractivity contribution in [2.75, 3.05) is 0 Å². The first-order chi connectivity index (χ1) is 29.7. The van der Waals surface area contributed by atoms with Gasteiger partial charge in [-0.2, -0.15) is 10.5 Å². The summed E-state index contributed by atoms with van der Waals surface area (Å²) in [5.74, 6) is 1.10. The molecule has 2 unspecified atom stereocenters. The molecule has 0 spiro atoms. The number of benzene rings is 7. The molecule has 0 amide bonds. The van der Waals surface area contributed by atoms with Gasteiger partial charge in [0.2, 0.25) is 0 Å². The number of fused-ring (bicyclic) bond motifs is 6. The molecule has 0 aliphatic heterocycles. The van der Waals surface area contributed by atoms with Gasteiger partial charge in [0.1, 0.15) is 5.82 Å². The lowest BCUT2D eigenvalue weighted by atomic mass is 9.90. The third kappa shape index (κ3) is 5.68. The molecule has 3 heterocycles. The van der Waals surface area contributed by atoms with Crippen LogP contribution in [0.3, 0.4) is 0 Å². The highest BCUT2D eigenvalue weighted by molar-refractivity contribution is 6.10. The molecule has 11 rings (SSSR count). The zero-order chi connectivity index (χ0) is 40.2. The number of rotatable bonds is 6. The summed E-state index contributed by atoms with van der Waals surface area (Å²) in [7, 11) is 0. The average molecular weight is 768 g/mol. The number of allylic oxidation sites excluding steroid dienone is 4. The normalized spacial score (nSPS) is 15.0. The summed E-state index contributed by atoms with van der Waals surface area (Å²) < 4.78 is 4.55. The predicted molar refractivity (Wildman–Crippen MR) is 239 cm³/mol. The van der Waals surface area contributed by atoms with E-state index in [1.807, 2.05) is 72.8 Å². The van der Waals surface area contributed by atoms with Gasteiger partial charge in [-0.3, -0.25) is 0 Å². The van der Waals surface area contributed by atoms with Crippen molar-refractivity contribution in [3.63, 3.8) is 0 Å². The number of hydrogen-bond donors (Lipinski definition) is 0. The van der Waals surface area contributed by atoms with Crippen LogP contribution < -0.4 is 0 Å². The van der Waals surface area contributed by atoms with Crippen LogP contribution in [0.25, 0.3) is 83.2 Å². The Bertz CT molecular complexity index is 3380. The van der Waals surface area contributed by atoms with Crippen LogP contribution in [-0.2, 0) is 0 Å². The highest BCUT2D eigenvalue weighted by Gasteiger charge is 2.31. The van der Waals surface area contributed by atoms with Gasteiger partial charge in [-0.15, -0.1) is 0 Å². The lowest BCUT2D eigenvalue weighted by Crippen LogP contribution is -2.20. The van der Waals surface area contributed by atoms with Crippen LogP contribution in [0.15, 0.2) is 194 Å². The number of aromatic nitrogens is 5. The average Bonchev–Trinajstić information content (AvgIpc) is 3.84. The van der Waals surface area contributed by atoms with Crippen LogP contribution in [-0.4, -0.2) is 24.1 Å². The van der Waals surface area contributed by atoms with E-state index in [-0.39, 0.29) is 6.04 Å². The van der Waals surface area contributed by atoms with E-state index in [0.29, 0.717) is 34.2 Å². The molecule has 0 N–H and O–H groups in total. The Hall–Kier alpha value is -8.39. The first kappa shape index (κ1) is 34.8. The van der Waals surface area contributed by atoms with E-state index in [9.17, 15) is 10.5 Å². The summed E-state index contributed by atoms with van der Waals surface area (Å²) in [5.41, 5.74) is 9.73. The van der Waals surface area contributed by atoms with E-state index in [1.54, 1.807) is 0 Å². The fraction of sp³-hybridized carbons (Fsp3) is 0.0377. The van der Waals surface area contributed by atoms with Gasteiger partial charge in [-0.05, 0) is 71.8 Å². The van der Waals surface area contributed by atoms with E-state index in [0.717, 1.165) is 66.0 Å². The van der Waals surface area contributed by atoms with Crippen molar-refractivity contribution in [3.05, 3.63) is 205 Å². The van der Waals surface area contributed by atoms with Crippen molar-refractivity contribution in [2.24, 2.45) is 0 Å². The summed E-state index contributed by atoms with van der Waals surface area (Å²) in [4.78, 5) is 16.0. The lowest BCUT2D eigenvalue weighted by Gasteiger charge is -2.28. The molecular formula is C53H33N7. The molecule has 3 aromatic heterocycles. The fourth-order valence-corrected chi connectivity index (χ4v) is 8.91. The Morgan fingerprint density at radius 3 is 1.70 bits per heavy atom. The maximum Gasteiger partial charge on any atom is 0.165 e. The molecule has 7 aromatic carbocycles. The Labute approximate surface area is 345 Å². The summed E-state index contributed by atoms with van der Waals surface area (Å²) in [5, 5.41) is 25.1. The van der Waals surface area contributed by atoms with Gasteiger partial charge in [0, 0.05) is 49.3 Å². The van der Waals surface area contributed by atoms with E-state index in [1.165, 1.54) is 0 Å². The fourth-order valence-electron chi connectivity index (χ4n) is 8.91. The largest absolute Gasteiger partial charge is 0.332 e. The minimum Gasteiger partial charge on any atom is -0.332 e. The van der Waals surface area contributed by atoms with E-state index >= 15 is 0 Å². The van der Waals surface area contributed by atoms with Gasteiger partial charge in [-0.1, -0.05) is 127 Å². The number of nitriles is 2. The van der Waals surface area contributed by atoms with Gasteiger partial charge in [0.25, 0.3) is 0 Å². The molecule has 1 aliphatic rings. The maximum absolute atomic E-state index is 10.3. The van der Waals surface area contributed by atoms with Crippen LogP contribution in [0, 0.1) is 22.7 Å². The Kier molecular flexibility index (Phi) is 8.25. The molecular weight excluding hydrogens is 735 g/mol. The van der Waals surface area contributed by atoms with Crippen molar-refractivity contribution in [3.8, 4) is 51.7 Å². The van der Waals surface area contributed by atoms with Crippen molar-refractivity contribution >= 4 is 43.6 Å². The second-order valence-electron chi connectivity index (χ2n) is 15.0. The summed E-state index contributed by atoms with van der Waals surface area (Å²) in [6, 6.07) is 62.2. The van der Waals surface area contributed by atoms with E-state index in [4.69, 9.17) is 15.0 Å². The second-order valence-corrected chi connectivity index (χ2v) is 15.0. The van der Waals surface area contributed by atoms with Crippen molar-refractivity contribution in [1.82, 2.24) is 24.1 Å². The van der Waals surface area contributed by atoms with Crippen molar-refractivity contribution in [1.29, 1.82) is 10.5 Å². The van der Waals surface area contributed by atoms with Gasteiger partial charge >= 0.3 is 0 Å². The molecule has 2 atom stereocenters. The second kappa shape index (κ2) is 14.2. The minimum atomic E-state index is -0.394. The van der Waals surface area contributed by atoms with Gasteiger partial charge < -0.3 is 9.13 Å². The van der Waals surface area contributed by atoms with Crippen LogP contribution in [0.5, 0.6) is 0 Å². The van der Waals surface area contributed by atoms with Gasteiger partial charge in [-0.25, -0.2) is 15.0 Å². The molecule has 0 saturated heterocycles. The van der Waals surface area contributed by atoms with Crippen LogP contribution in [0.1, 0.15) is 23.3 Å². The summed E-state index contributed by atoms with van der Waals surface area (Å²) in [6.45, 7) is 0. The molecule has 0 radical (unpaired) electrons. The smallest absolute Gasteiger partial charge is 0.165 e. The van der Waals surface area contributed by atoms with Crippen LogP contribution in [0.4, 0.5) is 0 Å². The number of para-hydroxylation sites is 4. The molecule has 0 bridgehead atoms. The lowest BCUT2D eigenvalue weighted by molar-refractivity contribution is 0.550. The molecule has 0 saturated carbocycles. The van der Waals surface area contributed by atoms with Crippen molar-refractivity contribution in [2.45, 2.75) is 12.0 Å². The van der Waals surface area contributed by atoms with E-state index < -0.39 is 5.92 Å². The first-order valence-corrected chi connectivity index (χ1v) is 19.9. The Morgan fingerprint density at radius 1 is 0.483 bits per heavy atom. The maximum atomic E-state index is 10.3. The highest BCUT2D eigenvalue weighted by atomic mass is 15.1. The zero-order valence-corrected chi connectivity index (χ0v) is 32.2. The molecule has 7 heteroatoms. The van der Waals surface area contributed by atoms with Gasteiger partial charge in [0.15, 0.2) is 11.6 Å². The van der Waals surface area contributed by atoms with Gasteiger partial charge in [0.05, 0.1) is 46.4 Å². The van der Waals surface area contributed by atoms with Crippen molar-refractivity contribution < 1.29 is 0 Å². The Balaban J connectivity index is 1.19. The summed E-state index contributed by atoms with van der Waals surface area (Å²) >= 11 is 0. The SMILES string of the molecule is N#CC1=CC(n2c3ccccc3c3ccccc32)C(c2nc(-c3cccc(-c4ccccc4)c3)nc(-c3cc(C#N)ccc3-n3c4ccccc4c4ccccc43)n2)C=C1. The molecule has 0 fully saturated rings. The topological polar surface area (TPSA) is 96.1 Å². The van der Waals surface area contributed by atoms with Crippen LogP contribution in [0.2, 0.25) is 0 Å². The molecule has 7 nitrogen and oxygen atoms in total. The number of hydrogen-bond acceptors (Lipinski definition) is 5. The first-order valence-electron chi connectivity index (χ1n) is 19.9. The highest BCUT2D eigenvalue weighted by Crippen LogP contribution is 2.42. The quantitative estimate of drug-likeness (QED) is 0.168. The predicted octanol–water partition coefficient (Wildman–Crippen LogP) is 12.3. The Morgan fingerprint density at radius 2 is 1.05 bits per heavy atom. The van der Waals surface area contributed by atoms with Crippen LogP contribution >= 0.6 is 0 Å². The molecule has 1 aliphatic carbocycles. The molecule has 10 aromatic rings.